The van der Waals surface area contributed by atoms with Gasteiger partial charge in [0.2, 0.25) is 0 Å². The van der Waals surface area contributed by atoms with Crippen molar-refractivity contribution in [3.63, 3.8) is 0 Å². The van der Waals surface area contributed by atoms with Crippen LogP contribution in [0.15, 0.2) is 17.7 Å². The highest BCUT2D eigenvalue weighted by atomic mass is 35.5. The van der Waals surface area contributed by atoms with Crippen LogP contribution in [0.5, 0.6) is 0 Å². The van der Waals surface area contributed by atoms with E-state index in [1.165, 1.54) is 27.2 Å². The molecule has 0 aliphatic carbocycles. The molecule has 1 aromatic heterocycles. The molecule has 1 aliphatic rings. The first kappa shape index (κ1) is 13.2. The van der Waals surface area contributed by atoms with Gasteiger partial charge in [0.15, 0.2) is 5.11 Å². The Morgan fingerprint density at radius 3 is 2.22 bits per heavy atom. The number of hydrogen-bond acceptors (Lipinski definition) is 4. The monoisotopic (exact) mass is 300 g/mol. The van der Waals surface area contributed by atoms with Crippen molar-refractivity contribution in [2.75, 3.05) is 14.1 Å². The average molecular weight is 301 g/mol. The number of halogens is 1. The predicted molar refractivity (Wildman–Crippen MR) is 75.4 cm³/mol. The summed E-state index contributed by atoms with van der Waals surface area (Å²) in [4.78, 5) is 27.3. The standard InChI is InChI=1S/C11H9ClN2O2S2/c1-13-9(15)7(10(16)14(2)11(13)17)5-6-3-4-8(12)18-6/h3-5H,1-2H3. The van der Waals surface area contributed by atoms with Crippen molar-refractivity contribution in [3.05, 3.63) is 26.9 Å². The number of thiophene rings is 1. The molecule has 4 nitrogen and oxygen atoms in total. The lowest BCUT2D eigenvalue weighted by Gasteiger charge is -2.31. The van der Waals surface area contributed by atoms with Gasteiger partial charge in [-0.05, 0) is 30.4 Å². The van der Waals surface area contributed by atoms with Crippen LogP contribution < -0.4 is 0 Å². The lowest BCUT2D eigenvalue weighted by molar-refractivity contribution is -0.132. The van der Waals surface area contributed by atoms with Crippen molar-refractivity contribution in [2.45, 2.75) is 0 Å². The summed E-state index contributed by atoms with van der Waals surface area (Å²) in [6.07, 6.45) is 1.54. The Morgan fingerprint density at radius 2 is 1.78 bits per heavy atom. The van der Waals surface area contributed by atoms with Gasteiger partial charge in [-0.25, -0.2) is 0 Å². The number of hydrogen-bond donors (Lipinski definition) is 0. The van der Waals surface area contributed by atoms with E-state index in [1.807, 2.05) is 0 Å². The molecule has 0 unspecified atom stereocenters. The Kier molecular flexibility index (Phi) is 3.52. The van der Waals surface area contributed by atoms with Gasteiger partial charge in [0.25, 0.3) is 11.8 Å². The molecule has 94 valence electrons. The summed E-state index contributed by atoms with van der Waals surface area (Å²) < 4.78 is 0.606. The van der Waals surface area contributed by atoms with E-state index in [0.29, 0.717) is 4.34 Å². The Labute approximate surface area is 118 Å². The topological polar surface area (TPSA) is 40.6 Å². The van der Waals surface area contributed by atoms with Crippen LogP contribution in [0.1, 0.15) is 4.88 Å². The zero-order valence-corrected chi connectivity index (χ0v) is 12.0. The van der Waals surface area contributed by atoms with Crippen LogP contribution in [0.4, 0.5) is 0 Å². The molecular formula is C11H9ClN2O2S2. The van der Waals surface area contributed by atoms with Crippen molar-refractivity contribution in [1.82, 2.24) is 9.80 Å². The number of thiocarbonyl (C=S) groups is 1. The van der Waals surface area contributed by atoms with Crippen LogP contribution in [0.3, 0.4) is 0 Å². The van der Waals surface area contributed by atoms with E-state index >= 15 is 0 Å². The molecule has 1 aromatic rings. The van der Waals surface area contributed by atoms with Gasteiger partial charge in [0.1, 0.15) is 5.57 Å². The van der Waals surface area contributed by atoms with Crippen LogP contribution in [-0.4, -0.2) is 40.8 Å². The highest BCUT2D eigenvalue weighted by Gasteiger charge is 2.35. The molecular weight excluding hydrogens is 292 g/mol. The fourth-order valence-electron chi connectivity index (χ4n) is 1.52. The molecule has 2 amide bonds. The molecule has 0 atom stereocenters. The van der Waals surface area contributed by atoms with E-state index in [0.717, 1.165) is 4.88 Å². The molecule has 1 fully saturated rings. The fraction of sp³-hybridized carbons (Fsp3) is 0.182. The maximum absolute atomic E-state index is 12.0. The second-order valence-electron chi connectivity index (χ2n) is 3.71. The SMILES string of the molecule is CN1C(=O)C(=Cc2ccc(Cl)s2)C(=O)N(C)C1=S. The average Bonchev–Trinajstić information content (AvgIpc) is 2.75. The van der Waals surface area contributed by atoms with Gasteiger partial charge in [-0.1, -0.05) is 11.6 Å². The molecule has 18 heavy (non-hydrogen) atoms. The van der Waals surface area contributed by atoms with E-state index in [1.54, 1.807) is 26.2 Å². The quantitative estimate of drug-likeness (QED) is 0.452. The van der Waals surface area contributed by atoms with Gasteiger partial charge in [-0.3, -0.25) is 19.4 Å². The Balaban J connectivity index is 2.43. The van der Waals surface area contributed by atoms with Gasteiger partial charge < -0.3 is 0 Å². The molecule has 2 rings (SSSR count). The summed E-state index contributed by atoms with van der Waals surface area (Å²) in [7, 11) is 3.09. The number of amides is 2. The van der Waals surface area contributed by atoms with Crippen molar-refractivity contribution >= 4 is 58.2 Å². The fourth-order valence-corrected chi connectivity index (χ4v) is 2.69. The van der Waals surface area contributed by atoms with Crippen molar-refractivity contribution in [3.8, 4) is 0 Å². The second kappa shape index (κ2) is 4.79. The summed E-state index contributed by atoms with van der Waals surface area (Å²) in [6, 6.07) is 3.47. The van der Waals surface area contributed by atoms with Crippen LogP contribution in [0, 0.1) is 0 Å². The minimum Gasteiger partial charge on any atom is -0.288 e. The van der Waals surface area contributed by atoms with Gasteiger partial charge in [-0.15, -0.1) is 11.3 Å². The first-order valence-electron chi connectivity index (χ1n) is 4.99. The van der Waals surface area contributed by atoms with E-state index in [2.05, 4.69) is 0 Å². The van der Waals surface area contributed by atoms with E-state index in [4.69, 9.17) is 23.8 Å². The normalized spacial score (nSPS) is 16.6. The Bertz CT molecular complexity index is 553. The molecule has 0 bridgehead atoms. The number of rotatable bonds is 1. The minimum absolute atomic E-state index is 0.0899. The highest BCUT2D eigenvalue weighted by molar-refractivity contribution is 7.80. The van der Waals surface area contributed by atoms with Gasteiger partial charge in [-0.2, -0.15) is 0 Å². The summed E-state index contributed by atoms with van der Waals surface area (Å²) in [6.45, 7) is 0. The highest BCUT2D eigenvalue weighted by Crippen LogP contribution is 2.25. The molecule has 2 heterocycles. The van der Waals surface area contributed by atoms with E-state index < -0.39 is 11.8 Å². The maximum Gasteiger partial charge on any atom is 0.265 e. The molecule has 0 N–H and O–H groups in total. The molecule has 1 saturated heterocycles. The zero-order chi connectivity index (χ0) is 13.4. The Morgan fingerprint density at radius 1 is 1.22 bits per heavy atom. The van der Waals surface area contributed by atoms with E-state index in [-0.39, 0.29) is 10.7 Å². The summed E-state index contributed by atoms with van der Waals surface area (Å²) >= 11 is 12.1. The summed E-state index contributed by atoms with van der Waals surface area (Å²) in [5.41, 5.74) is 0.0899. The first-order valence-corrected chi connectivity index (χ1v) is 6.59. The lowest BCUT2D eigenvalue weighted by Crippen LogP contribution is -2.52. The number of nitrogens with zero attached hydrogens (tertiary/aromatic N) is 2. The molecule has 0 spiro atoms. The van der Waals surface area contributed by atoms with Crippen molar-refractivity contribution < 1.29 is 9.59 Å². The molecule has 0 saturated carbocycles. The largest absolute Gasteiger partial charge is 0.288 e. The Hall–Kier alpha value is -1.24. The van der Waals surface area contributed by atoms with Crippen LogP contribution in [0.2, 0.25) is 4.34 Å². The smallest absolute Gasteiger partial charge is 0.265 e. The molecule has 0 radical (unpaired) electrons. The number of carbonyl (C=O) groups excluding carboxylic acids is 2. The van der Waals surface area contributed by atoms with Crippen LogP contribution >= 0.6 is 35.2 Å². The third kappa shape index (κ3) is 2.19. The molecule has 0 aromatic carbocycles. The summed E-state index contributed by atoms with van der Waals surface area (Å²) in [5.74, 6) is -0.791. The van der Waals surface area contributed by atoms with Crippen LogP contribution in [0.25, 0.3) is 6.08 Å². The van der Waals surface area contributed by atoms with Crippen molar-refractivity contribution in [2.24, 2.45) is 0 Å². The molecule has 1 aliphatic heterocycles. The maximum atomic E-state index is 12.0. The van der Waals surface area contributed by atoms with Gasteiger partial charge >= 0.3 is 0 Å². The first-order chi connectivity index (χ1) is 8.41. The van der Waals surface area contributed by atoms with Crippen molar-refractivity contribution in [1.29, 1.82) is 0 Å². The van der Waals surface area contributed by atoms with Crippen LogP contribution in [-0.2, 0) is 9.59 Å². The minimum atomic E-state index is -0.396. The third-order valence-corrected chi connectivity index (χ3v) is 4.25. The molecule has 7 heteroatoms. The van der Waals surface area contributed by atoms with E-state index in [9.17, 15) is 9.59 Å². The number of likely N-dealkylation sites (N-methyl/N-ethyl adjacent to an activating group) is 2. The number of carbonyl (C=O) groups is 2. The van der Waals surface area contributed by atoms with Gasteiger partial charge in [0, 0.05) is 19.0 Å². The lowest BCUT2D eigenvalue weighted by atomic mass is 10.1. The summed E-state index contributed by atoms with van der Waals surface area (Å²) in [5, 5.41) is 0.200. The second-order valence-corrected chi connectivity index (χ2v) is 5.82. The van der Waals surface area contributed by atoms with Gasteiger partial charge in [0.05, 0.1) is 4.34 Å². The third-order valence-electron chi connectivity index (χ3n) is 2.52. The predicted octanol–water partition coefficient (Wildman–Crippen LogP) is 2.00. The zero-order valence-electron chi connectivity index (χ0n) is 9.64.